The minimum Gasteiger partial charge on any atom is -0.478 e. The molecular formula is C14H14FN3O3. The van der Waals surface area contributed by atoms with E-state index in [1.165, 1.54) is 4.68 Å². The first-order valence-electron chi connectivity index (χ1n) is 6.29. The number of carboxylic acid groups (broad SMARTS) is 1. The number of rotatable bonds is 4. The molecule has 2 N–H and O–H groups in total. The Morgan fingerprint density at radius 1 is 1.38 bits per heavy atom. The number of aromatic carboxylic acids is 1. The zero-order valence-electron chi connectivity index (χ0n) is 11.6. The van der Waals surface area contributed by atoms with Gasteiger partial charge in [-0.2, -0.15) is 5.10 Å². The van der Waals surface area contributed by atoms with Crippen LogP contribution in [0.2, 0.25) is 0 Å². The van der Waals surface area contributed by atoms with Gasteiger partial charge >= 0.3 is 5.97 Å². The molecule has 1 heterocycles. The number of halogens is 1. The van der Waals surface area contributed by atoms with E-state index >= 15 is 0 Å². The highest BCUT2D eigenvalue weighted by Gasteiger charge is 2.16. The van der Waals surface area contributed by atoms with E-state index in [0.29, 0.717) is 6.42 Å². The van der Waals surface area contributed by atoms with Gasteiger partial charge in [-0.3, -0.25) is 9.48 Å². The molecule has 2 aromatic rings. The van der Waals surface area contributed by atoms with Crippen LogP contribution in [-0.2, 0) is 13.5 Å². The van der Waals surface area contributed by atoms with E-state index < -0.39 is 17.7 Å². The van der Waals surface area contributed by atoms with Crippen LogP contribution in [0.1, 0.15) is 33.5 Å². The van der Waals surface area contributed by atoms with Crippen LogP contribution < -0.4 is 5.32 Å². The molecule has 1 amide bonds. The predicted octanol–water partition coefficient (Wildman–Crippen LogP) is 2.07. The Hall–Kier alpha value is -2.70. The van der Waals surface area contributed by atoms with Gasteiger partial charge in [0.2, 0.25) is 0 Å². The molecule has 1 aromatic heterocycles. The maximum absolute atomic E-state index is 13.7. The molecule has 1 aromatic carbocycles. The molecule has 7 heteroatoms. The molecule has 0 aliphatic carbocycles. The smallest absolute Gasteiger partial charge is 0.335 e. The van der Waals surface area contributed by atoms with Gasteiger partial charge < -0.3 is 10.4 Å². The van der Waals surface area contributed by atoms with Gasteiger partial charge in [-0.05, 0) is 30.7 Å². The lowest BCUT2D eigenvalue weighted by atomic mass is 10.2. The molecule has 21 heavy (non-hydrogen) atoms. The second-order valence-electron chi connectivity index (χ2n) is 4.45. The van der Waals surface area contributed by atoms with Crippen LogP contribution in [0, 0.1) is 5.82 Å². The van der Waals surface area contributed by atoms with Crippen molar-refractivity contribution in [1.82, 2.24) is 9.78 Å². The first kappa shape index (κ1) is 14.7. The quantitative estimate of drug-likeness (QED) is 0.903. The molecule has 0 fully saturated rings. The molecule has 2 rings (SSSR count). The predicted molar refractivity (Wildman–Crippen MR) is 73.9 cm³/mol. The van der Waals surface area contributed by atoms with Gasteiger partial charge in [0.25, 0.3) is 5.91 Å². The summed E-state index contributed by atoms with van der Waals surface area (Å²) < 4.78 is 15.0. The number of carboxylic acids is 1. The van der Waals surface area contributed by atoms with Crippen LogP contribution in [0.15, 0.2) is 24.3 Å². The lowest BCUT2D eigenvalue weighted by Gasteiger charge is -2.07. The SMILES string of the molecule is CCc1cc(C(=O)Nc2cc(C(=O)O)ccc2F)n(C)n1. The van der Waals surface area contributed by atoms with Gasteiger partial charge in [0, 0.05) is 7.05 Å². The highest BCUT2D eigenvalue weighted by molar-refractivity contribution is 6.03. The van der Waals surface area contributed by atoms with Crippen LogP contribution in [0.3, 0.4) is 0 Å². The van der Waals surface area contributed by atoms with Crippen molar-refractivity contribution in [1.29, 1.82) is 0 Å². The minimum atomic E-state index is -1.20. The second-order valence-corrected chi connectivity index (χ2v) is 4.45. The van der Waals surface area contributed by atoms with E-state index in [2.05, 4.69) is 10.4 Å². The van der Waals surface area contributed by atoms with Crippen molar-refractivity contribution < 1.29 is 19.1 Å². The molecule has 0 spiro atoms. The Morgan fingerprint density at radius 3 is 2.67 bits per heavy atom. The largest absolute Gasteiger partial charge is 0.478 e. The lowest BCUT2D eigenvalue weighted by molar-refractivity contribution is 0.0696. The van der Waals surface area contributed by atoms with E-state index in [1.807, 2.05) is 6.92 Å². The van der Waals surface area contributed by atoms with E-state index in [4.69, 9.17) is 5.11 Å². The number of aryl methyl sites for hydroxylation is 2. The second kappa shape index (κ2) is 5.74. The Bertz CT molecular complexity index is 709. The number of nitrogens with one attached hydrogen (secondary N) is 1. The molecule has 0 saturated heterocycles. The van der Waals surface area contributed by atoms with Crippen molar-refractivity contribution >= 4 is 17.6 Å². The van der Waals surface area contributed by atoms with Crippen LogP contribution >= 0.6 is 0 Å². The van der Waals surface area contributed by atoms with Crippen molar-refractivity contribution in [2.45, 2.75) is 13.3 Å². The fraction of sp³-hybridized carbons (Fsp3) is 0.214. The van der Waals surface area contributed by atoms with Crippen molar-refractivity contribution in [3.8, 4) is 0 Å². The number of amides is 1. The van der Waals surface area contributed by atoms with Gasteiger partial charge in [-0.1, -0.05) is 6.92 Å². The average Bonchev–Trinajstić information content (AvgIpc) is 2.82. The zero-order valence-corrected chi connectivity index (χ0v) is 11.6. The van der Waals surface area contributed by atoms with Gasteiger partial charge in [0.1, 0.15) is 11.5 Å². The van der Waals surface area contributed by atoms with Gasteiger partial charge in [0.05, 0.1) is 16.9 Å². The number of carbonyl (C=O) groups is 2. The number of nitrogens with zero attached hydrogens (tertiary/aromatic N) is 2. The van der Waals surface area contributed by atoms with Gasteiger partial charge in [-0.25, -0.2) is 9.18 Å². The van der Waals surface area contributed by atoms with Crippen LogP contribution in [-0.4, -0.2) is 26.8 Å². The molecule has 0 radical (unpaired) electrons. The van der Waals surface area contributed by atoms with Crippen LogP contribution in [0.4, 0.5) is 10.1 Å². The maximum Gasteiger partial charge on any atom is 0.335 e. The lowest BCUT2D eigenvalue weighted by Crippen LogP contribution is -2.17. The van der Waals surface area contributed by atoms with E-state index in [0.717, 1.165) is 23.9 Å². The van der Waals surface area contributed by atoms with Crippen LogP contribution in [0.25, 0.3) is 0 Å². The number of anilines is 1. The summed E-state index contributed by atoms with van der Waals surface area (Å²) in [6.45, 7) is 1.90. The molecule has 0 saturated carbocycles. The summed E-state index contributed by atoms with van der Waals surface area (Å²) in [7, 11) is 1.61. The third-order valence-electron chi connectivity index (χ3n) is 2.99. The molecule has 0 aliphatic rings. The van der Waals surface area contributed by atoms with E-state index in [-0.39, 0.29) is 16.9 Å². The third-order valence-corrected chi connectivity index (χ3v) is 2.99. The van der Waals surface area contributed by atoms with Gasteiger partial charge in [-0.15, -0.1) is 0 Å². The minimum absolute atomic E-state index is 0.106. The molecular weight excluding hydrogens is 277 g/mol. The van der Waals surface area contributed by atoms with E-state index in [9.17, 15) is 14.0 Å². The number of benzene rings is 1. The van der Waals surface area contributed by atoms with Crippen LogP contribution in [0.5, 0.6) is 0 Å². The fourth-order valence-corrected chi connectivity index (χ4v) is 1.85. The molecule has 6 nitrogen and oxygen atoms in total. The average molecular weight is 291 g/mol. The Morgan fingerprint density at radius 2 is 2.10 bits per heavy atom. The summed E-state index contributed by atoms with van der Waals surface area (Å²) in [5.74, 6) is -2.45. The van der Waals surface area contributed by atoms with Crippen molar-refractivity contribution in [3.63, 3.8) is 0 Å². The topological polar surface area (TPSA) is 84.2 Å². The summed E-state index contributed by atoms with van der Waals surface area (Å²) in [6.07, 6.45) is 0.671. The summed E-state index contributed by atoms with van der Waals surface area (Å²) in [5, 5.41) is 15.4. The fourth-order valence-electron chi connectivity index (χ4n) is 1.85. The summed E-state index contributed by atoms with van der Waals surface area (Å²) in [6, 6.07) is 4.81. The summed E-state index contributed by atoms with van der Waals surface area (Å²) >= 11 is 0. The summed E-state index contributed by atoms with van der Waals surface area (Å²) in [4.78, 5) is 23.0. The first-order valence-corrected chi connectivity index (χ1v) is 6.29. The number of hydrogen-bond acceptors (Lipinski definition) is 3. The molecule has 0 unspecified atom stereocenters. The highest BCUT2D eigenvalue weighted by atomic mass is 19.1. The van der Waals surface area contributed by atoms with Crippen molar-refractivity contribution in [3.05, 3.63) is 47.0 Å². The monoisotopic (exact) mass is 291 g/mol. The number of aromatic nitrogens is 2. The Kier molecular flexibility index (Phi) is 4.02. The van der Waals surface area contributed by atoms with Crippen molar-refractivity contribution in [2.24, 2.45) is 7.05 Å². The normalized spacial score (nSPS) is 10.4. The highest BCUT2D eigenvalue weighted by Crippen LogP contribution is 2.17. The molecule has 110 valence electrons. The molecule has 0 aliphatic heterocycles. The standard InChI is InChI=1S/C14H14FN3O3/c1-3-9-7-12(18(2)17-9)13(19)16-11-6-8(14(20)21)4-5-10(11)15/h4-7H,3H2,1-2H3,(H,16,19)(H,20,21). The van der Waals surface area contributed by atoms with Gasteiger partial charge in [0.15, 0.2) is 0 Å². The number of carbonyl (C=O) groups excluding carboxylic acids is 1. The number of hydrogen-bond donors (Lipinski definition) is 2. The third kappa shape index (κ3) is 3.07. The molecule has 0 bridgehead atoms. The molecule has 0 atom stereocenters. The Balaban J connectivity index is 2.28. The first-order chi connectivity index (χ1) is 9.92. The van der Waals surface area contributed by atoms with Crippen molar-refractivity contribution in [2.75, 3.05) is 5.32 Å². The maximum atomic E-state index is 13.7. The summed E-state index contributed by atoms with van der Waals surface area (Å²) in [5.41, 5.74) is 0.722. The zero-order chi connectivity index (χ0) is 15.6. The Labute approximate surface area is 120 Å². The van der Waals surface area contributed by atoms with E-state index in [1.54, 1.807) is 13.1 Å².